The Morgan fingerprint density at radius 2 is 1.17 bits per heavy atom. The molecule has 0 aromatic heterocycles. The molecule has 2 rings (SSSR count). The van der Waals surface area contributed by atoms with Crippen molar-refractivity contribution >= 4 is 17.9 Å². The van der Waals surface area contributed by atoms with Crippen LogP contribution in [0.5, 0.6) is 0 Å². The maximum absolute atomic E-state index is 12.0. The van der Waals surface area contributed by atoms with Gasteiger partial charge in [0.25, 0.3) is 0 Å². The Kier molecular flexibility index (Phi) is 6.60. The predicted molar refractivity (Wildman–Crippen MR) is 83.1 cm³/mol. The van der Waals surface area contributed by atoms with E-state index in [2.05, 4.69) is 0 Å². The van der Waals surface area contributed by atoms with Gasteiger partial charge in [0, 0.05) is 0 Å². The van der Waals surface area contributed by atoms with E-state index >= 15 is 0 Å². The number of esters is 2. The number of aliphatic hydroxyl groups is 1. The second-order valence-electron chi connectivity index (χ2n) is 6.84. The summed E-state index contributed by atoms with van der Waals surface area (Å²) in [6.07, 6.45) is 6.02. The smallest absolute Gasteiger partial charge is 0.336 e. The van der Waals surface area contributed by atoms with Crippen LogP contribution in [-0.2, 0) is 23.9 Å². The molecule has 0 heterocycles. The SMILES string of the molecule is O=C(CC(O)(CC(=O)OC1CCCC1)C(=O)O)OC1CCCCC1. The van der Waals surface area contributed by atoms with Gasteiger partial charge in [0.1, 0.15) is 12.2 Å². The second-order valence-corrected chi connectivity index (χ2v) is 6.84. The Morgan fingerprint density at radius 1 is 0.792 bits per heavy atom. The van der Waals surface area contributed by atoms with Crippen molar-refractivity contribution in [3.63, 3.8) is 0 Å². The number of carbonyl (C=O) groups excluding carboxylic acids is 2. The van der Waals surface area contributed by atoms with Crippen LogP contribution in [0.15, 0.2) is 0 Å². The molecule has 7 nitrogen and oxygen atoms in total. The van der Waals surface area contributed by atoms with E-state index in [-0.39, 0.29) is 12.2 Å². The first-order valence-corrected chi connectivity index (χ1v) is 8.74. The average Bonchev–Trinajstić information content (AvgIpc) is 3.00. The molecule has 2 aliphatic rings. The molecule has 1 atom stereocenters. The number of carbonyl (C=O) groups is 3. The third-order valence-electron chi connectivity index (χ3n) is 4.72. The number of carboxylic acids is 1. The van der Waals surface area contributed by atoms with Gasteiger partial charge < -0.3 is 19.7 Å². The first-order chi connectivity index (χ1) is 11.4. The summed E-state index contributed by atoms with van der Waals surface area (Å²) in [6, 6.07) is 0. The van der Waals surface area contributed by atoms with Gasteiger partial charge in [0.05, 0.1) is 12.8 Å². The average molecular weight is 342 g/mol. The topological polar surface area (TPSA) is 110 Å². The van der Waals surface area contributed by atoms with Gasteiger partial charge in [-0.25, -0.2) is 4.79 Å². The van der Waals surface area contributed by atoms with Crippen molar-refractivity contribution in [1.29, 1.82) is 0 Å². The summed E-state index contributed by atoms with van der Waals surface area (Å²) in [5.74, 6) is -3.20. The summed E-state index contributed by atoms with van der Waals surface area (Å²) in [5.41, 5.74) is -2.48. The minimum absolute atomic E-state index is 0.218. The van der Waals surface area contributed by atoms with E-state index in [0.717, 1.165) is 57.8 Å². The zero-order valence-corrected chi connectivity index (χ0v) is 13.9. The molecule has 0 bridgehead atoms. The molecular weight excluding hydrogens is 316 g/mol. The van der Waals surface area contributed by atoms with Crippen LogP contribution in [0, 0.1) is 0 Å². The Morgan fingerprint density at radius 3 is 1.54 bits per heavy atom. The molecule has 1 unspecified atom stereocenters. The van der Waals surface area contributed by atoms with Gasteiger partial charge in [-0.2, -0.15) is 0 Å². The van der Waals surface area contributed by atoms with Crippen LogP contribution in [0.3, 0.4) is 0 Å². The van der Waals surface area contributed by atoms with Crippen LogP contribution in [0.4, 0.5) is 0 Å². The Balaban J connectivity index is 1.86. The molecule has 0 aromatic carbocycles. The Bertz CT molecular complexity index is 464. The summed E-state index contributed by atoms with van der Waals surface area (Å²) in [6.45, 7) is 0. The minimum atomic E-state index is -2.48. The standard InChI is InChI=1S/C17H26O7/c18-14(23-12-6-2-1-3-7-12)10-17(22,16(20)21)11-15(19)24-13-8-4-5-9-13/h12-13,22H,1-11H2,(H,20,21). The summed E-state index contributed by atoms with van der Waals surface area (Å²) >= 11 is 0. The molecule has 2 saturated carbocycles. The molecule has 2 N–H and O–H groups in total. The lowest BCUT2D eigenvalue weighted by atomic mass is 9.95. The number of hydrogen-bond donors (Lipinski definition) is 2. The van der Waals surface area contributed by atoms with Crippen molar-refractivity contribution < 1.29 is 34.1 Å². The fourth-order valence-corrected chi connectivity index (χ4v) is 3.34. The van der Waals surface area contributed by atoms with E-state index < -0.39 is 36.4 Å². The minimum Gasteiger partial charge on any atom is -0.479 e. The first-order valence-electron chi connectivity index (χ1n) is 8.74. The number of carboxylic acid groups (broad SMARTS) is 1. The lowest BCUT2D eigenvalue weighted by molar-refractivity contribution is -0.176. The fraction of sp³-hybridized carbons (Fsp3) is 0.824. The largest absolute Gasteiger partial charge is 0.479 e. The molecule has 7 heteroatoms. The normalized spacial score (nSPS) is 21.9. The zero-order chi connectivity index (χ0) is 17.6. The van der Waals surface area contributed by atoms with Gasteiger partial charge >= 0.3 is 17.9 Å². The molecule has 0 aromatic rings. The molecule has 0 spiro atoms. The van der Waals surface area contributed by atoms with Crippen LogP contribution in [0.2, 0.25) is 0 Å². The van der Waals surface area contributed by atoms with Gasteiger partial charge in [-0.05, 0) is 51.4 Å². The maximum atomic E-state index is 12.0. The monoisotopic (exact) mass is 342 g/mol. The number of hydrogen-bond acceptors (Lipinski definition) is 6. The molecule has 2 aliphatic carbocycles. The van der Waals surface area contributed by atoms with Crippen LogP contribution in [-0.4, -0.2) is 45.9 Å². The van der Waals surface area contributed by atoms with Crippen LogP contribution in [0.25, 0.3) is 0 Å². The number of aliphatic carboxylic acids is 1. The summed E-state index contributed by atoms with van der Waals surface area (Å²) in [7, 11) is 0. The summed E-state index contributed by atoms with van der Waals surface area (Å²) in [4.78, 5) is 35.2. The van der Waals surface area contributed by atoms with Gasteiger partial charge in [-0.1, -0.05) is 6.42 Å². The Hall–Kier alpha value is -1.63. The van der Waals surface area contributed by atoms with E-state index in [1.165, 1.54) is 0 Å². The van der Waals surface area contributed by atoms with Crippen LogP contribution >= 0.6 is 0 Å². The van der Waals surface area contributed by atoms with Crippen molar-refractivity contribution in [3.05, 3.63) is 0 Å². The van der Waals surface area contributed by atoms with Crippen molar-refractivity contribution in [1.82, 2.24) is 0 Å². The highest BCUT2D eigenvalue weighted by Crippen LogP contribution is 2.25. The van der Waals surface area contributed by atoms with Crippen LogP contribution in [0.1, 0.15) is 70.6 Å². The molecule has 0 radical (unpaired) electrons. The van der Waals surface area contributed by atoms with Gasteiger partial charge in [0.2, 0.25) is 0 Å². The highest BCUT2D eigenvalue weighted by Gasteiger charge is 2.42. The summed E-state index contributed by atoms with van der Waals surface area (Å²) < 4.78 is 10.4. The maximum Gasteiger partial charge on any atom is 0.336 e. The van der Waals surface area contributed by atoms with E-state index in [0.29, 0.717) is 0 Å². The molecule has 0 saturated heterocycles. The Labute approximate surface area is 141 Å². The summed E-state index contributed by atoms with van der Waals surface area (Å²) in [5, 5.41) is 19.5. The number of ether oxygens (including phenoxy) is 2. The highest BCUT2D eigenvalue weighted by atomic mass is 16.6. The van der Waals surface area contributed by atoms with E-state index in [1.807, 2.05) is 0 Å². The molecule has 0 aliphatic heterocycles. The number of rotatable bonds is 7. The lowest BCUT2D eigenvalue weighted by Gasteiger charge is -2.25. The third kappa shape index (κ3) is 5.47. The molecular formula is C17H26O7. The van der Waals surface area contributed by atoms with E-state index in [9.17, 15) is 24.6 Å². The van der Waals surface area contributed by atoms with Crippen molar-refractivity contribution in [2.45, 2.75) is 88.4 Å². The lowest BCUT2D eigenvalue weighted by Crippen LogP contribution is -2.44. The second kappa shape index (κ2) is 8.46. The molecule has 0 amide bonds. The zero-order valence-electron chi connectivity index (χ0n) is 13.9. The molecule has 24 heavy (non-hydrogen) atoms. The van der Waals surface area contributed by atoms with E-state index in [1.54, 1.807) is 0 Å². The van der Waals surface area contributed by atoms with Crippen LogP contribution < -0.4 is 0 Å². The van der Waals surface area contributed by atoms with Crippen molar-refractivity contribution in [2.75, 3.05) is 0 Å². The third-order valence-corrected chi connectivity index (χ3v) is 4.72. The van der Waals surface area contributed by atoms with Gasteiger partial charge in [0.15, 0.2) is 5.60 Å². The molecule has 2 fully saturated rings. The molecule has 136 valence electrons. The van der Waals surface area contributed by atoms with Crippen molar-refractivity contribution in [2.24, 2.45) is 0 Å². The first kappa shape index (κ1) is 18.7. The van der Waals surface area contributed by atoms with Gasteiger partial charge in [-0.3, -0.25) is 9.59 Å². The van der Waals surface area contributed by atoms with E-state index in [4.69, 9.17) is 9.47 Å². The van der Waals surface area contributed by atoms with Crippen molar-refractivity contribution in [3.8, 4) is 0 Å². The quantitative estimate of drug-likeness (QED) is 0.680. The predicted octanol–water partition coefficient (Wildman–Crippen LogP) is 1.94. The fourth-order valence-electron chi connectivity index (χ4n) is 3.34. The highest BCUT2D eigenvalue weighted by molar-refractivity contribution is 5.89. The van der Waals surface area contributed by atoms with Gasteiger partial charge in [-0.15, -0.1) is 0 Å².